The van der Waals surface area contributed by atoms with Crippen molar-refractivity contribution in [1.29, 1.82) is 0 Å². The first-order chi connectivity index (χ1) is 11.4. The van der Waals surface area contributed by atoms with E-state index in [0.717, 1.165) is 0 Å². The maximum absolute atomic E-state index is 12.5. The van der Waals surface area contributed by atoms with Crippen LogP contribution in [0.5, 0.6) is 0 Å². The van der Waals surface area contributed by atoms with E-state index in [-0.39, 0.29) is 36.6 Å². The van der Waals surface area contributed by atoms with Crippen LogP contribution in [0, 0.1) is 17.8 Å². The summed E-state index contributed by atoms with van der Waals surface area (Å²) in [6.45, 7) is 0.0527. The molecule has 0 aliphatic carbocycles. The molecule has 1 aromatic rings. The molecule has 3 rings (SSSR count). The van der Waals surface area contributed by atoms with Crippen LogP contribution < -0.4 is 4.90 Å². The SMILES string of the molecule is C#Cc1ccc(N2CC3(CCC(=O)N(C(=O)O)C3=O)CC2=O)cc1. The summed E-state index contributed by atoms with van der Waals surface area (Å²) in [4.78, 5) is 49.5. The highest BCUT2D eigenvalue weighted by Crippen LogP contribution is 2.42. The fraction of sp³-hybridized carbons (Fsp3) is 0.294. The maximum atomic E-state index is 12.5. The zero-order valence-corrected chi connectivity index (χ0v) is 12.7. The number of hydrogen-bond donors (Lipinski definition) is 1. The van der Waals surface area contributed by atoms with Gasteiger partial charge in [0.2, 0.25) is 17.7 Å². The highest BCUT2D eigenvalue weighted by Gasteiger charge is 2.55. The van der Waals surface area contributed by atoms with Gasteiger partial charge in [-0.15, -0.1) is 6.42 Å². The molecule has 2 aliphatic heterocycles. The molecule has 2 saturated heterocycles. The molecule has 2 aliphatic rings. The van der Waals surface area contributed by atoms with Crippen molar-refractivity contribution >= 4 is 29.5 Å². The number of anilines is 1. The number of terminal acetylenes is 1. The number of imide groups is 3. The van der Waals surface area contributed by atoms with Crippen molar-refractivity contribution in [1.82, 2.24) is 4.90 Å². The Bertz CT molecular complexity index is 792. The number of nitrogens with zero attached hydrogens (tertiary/aromatic N) is 2. The molecule has 7 heteroatoms. The van der Waals surface area contributed by atoms with Crippen molar-refractivity contribution in [2.24, 2.45) is 5.41 Å². The van der Waals surface area contributed by atoms with Crippen LogP contribution in [0.25, 0.3) is 0 Å². The van der Waals surface area contributed by atoms with Crippen molar-refractivity contribution in [2.45, 2.75) is 19.3 Å². The molecule has 2 fully saturated rings. The molecule has 0 saturated carbocycles. The highest BCUT2D eigenvalue weighted by atomic mass is 16.4. The lowest BCUT2D eigenvalue weighted by Gasteiger charge is -2.34. The first-order valence-corrected chi connectivity index (χ1v) is 7.35. The van der Waals surface area contributed by atoms with Gasteiger partial charge in [0, 0.05) is 30.6 Å². The Balaban J connectivity index is 1.90. The minimum atomic E-state index is -1.60. The van der Waals surface area contributed by atoms with E-state index in [2.05, 4.69) is 5.92 Å². The van der Waals surface area contributed by atoms with E-state index >= 15 is 0 Å². The van der Waals surface area contributed by atoms with E-state index < -0.39 is 23.3 Å². The van der Waals surface area contributed by atoms with Gasteiger partial charge in [-0.05, 0) is 30.7 Å². The summed E-state index contributed by atoms with van der Waals surface area (Å²) in [6.07, 6.45) is 3.68. The van der Waals surface area contributed by atoms with E-state index in [4.69, 9.17) is 11.5 Å². The van der Waals surface area contributed by atoms with Gasteiger partial charge in [-0.25, -0.2) is 4.79 Å². The molecule has 0 radical (unpaired) electrons. The normalized spacial score (nSPS) is 23.7. The van der Waals surface area contributed by atoms with Crippen molar-refractivity contribution < 1.29 is 24.3 Å². The van der Waals surface area contributed by atoms with Crippen molar-refractivity contribution in [3.8, 4) is 12.3 Å². The molecule has 1 atom stereocenters. The molecule has 0 bridgehead atoms. The van der Waals surface area contributed by atoms with E-state index in [9.17, 15) is 19.2 Å². The Labute approximate surface area is 137 Å². The molecule has 2 heterocycles. The summed E-state index contributed by atoms with van der Waals surface area (Å²) in [7, 11) is 0. The number of carbonyl (C=O) groups excluding carboxylic acids is 3. The molecule has 24 heavy (non-hydrogen) atoms. The third-order valence-electron chi connectivity index (χ3n) is 4.51. The van der Waals surface area contributed by atoms with Gasteiger partial charge in [0.1, 0.15) is 0 Å². The molecular formula is C17H14N2O5. The van der Waals surface area contributed by atoms with Gasteiger partial charge in [-0.1, -0.05) is 5.92 Å². The number of carbonyl (C=O) groups is 4. The minimum absolute atomic E-state index is 0.0527. The van der Waals surface area contributed by atoms with Crippen LogP contribution >= 0.6 is 0 Å². The van der Waals surface area contributed by atoms with Gasteiger partial charge in [0.25, 0.3) is 0 Å². The number of likely N-dealkylation sites (tertiary alicyclic amines) is 1. The fourth-order valence-corrected chi connectivity index (χ4v) is 3.22. The van der Waals surface area contributed by atoms with Crippen LogP contribution in [0.15, 0.2) is 24.3 Å². The van der Waals surface area contributed by atoms with Crippen LogP contribution in [0.1, 0.15) is 24.8 Å². The number of hydrogen-bond acceptors (Lipinski definition) is 4. The monoisotopic (exact) mass is 326 g/mol. The standard InChI is InChI=1S/C17H14N2O5/c1-2-11-3-5-12(6-4-11)18-10-17(9-14(18)21)8-7-13(20)19(15(17)22)16(23)24/h1,3-6H,7-10H2,(H,23,24). The third-order valence-corrected chi connectivity index (χ3v) is 4.51. The summed E-state index contributed by atoms with van der Waals surface area (Å²) in [5, 5.41) is 9.10. The second-order valence-electron chi connectivity index (χ2n) is 5.95. The number of amides is 4. The second-order valence-corrected chi connectivity index (χ2v) is 5.95. The predicted octanol–water partition coefficient (Wildman–Crippen LogP) is 1.22. The molecule has 4 amide bonds. The molecule has 122 valence electrons. The number of rotatable bonds is 1. The van der Waals surface area contributed by atoms with Crippen LogP contribution in [0.3, 0.4) is 0 Å². The van der Waals surface area contributed by atoms with Crippen LogP contribution in [0.2, 0.25) is 0 Å². The Hall–Kier alpha value is -3.14. The third kappa shape index (κ3) is 2.33. The van der Waals surface area contributed by atoms with Gasteiger partial charge in [-0.3, -0.25) is 14.4 Å². The smallest absolute Gasteiger partial charge is 0.421 e. The molecule has 7 nitrogen and oxygen atoms in total. The minimum Gasteiger partial charge on any atom is -0.464 e. The quantitative estimate of drug-likeness (QED) is 0.618. The predicted molar refractivity (Wildman–Crippen MR) is 82.9 cm³/mol. The zero-order valence-electron chi connectivity index (χ0n) is 12.7. The Morgan fingerprint density at radius 1 is 1.17 bits per heavy atom. The summed E-state index contributed by atoms with van der Waals surface area (Å²) in [6, 6.07) is 6.73. The molecular weight excluding hydrogens is 312 g/mol. The van der Waals surface area contributed by atoms with Gasteiger partial charge in [0.15, 0.2) is 0 Å². The molecule has 1 aromatic carbocycles. The van der Waals surface area contributed by atoms with Gasteiger partial charge >= 0.3 is 6.09 Å². The topological polar surface area (TPSA) is 95.0 Å². The summed E-state index contributed by atoms with van der Waals surface area (Å²) in [5.41, 5.74) is 0.0766. The Kier molecular flexibility index (Phi) is 3.60. The highest BCUT2D eigenvalue weighted by molar-refractivity contribution is 6.14. The summed E-state index contributed by atoms with van der Waals surface area (Å²) < 4.78 is 0. The average molecular weight is 326 g/mol. The van der Waals surface area contributed by atoms with Crippen molar-refractivity contribution in [3.63, 3.8) is 0 Å². The Morgan fingerprint density at radius 3 is 2.42 bits per heavy atom. The number of benzene rings is 1. The molecule has 1 unspecified atom stereocenters. The summed E-state index contributed by atoms with van der Waals surface area (Å²) in [5.74, 6) is 0.630. The van der Waals surface area contributed by atoms with Gasteiger partial charge < -0.3 is 10.0 Å². The Morgan fingerprint density at radius 2 is 1.83 bits per heavy atom. The first kappa shape index (κ1) is 15.7. The van der Waals surface area contributed by atoms with Crippen molar-refractivity contribution in [3.05, 3.63) is 29.8 Å². The maximum Gasteiger partial charge on any atom is 0.421 e. The van der Waals surface area contributed by atoms with E-state index in [1.807, 2.05) is 0 Å². The lowest BCUT2D eigenvalue weighted by atomic mass is 9.78. The molecule has 0 aromatic heterocycles. The van der Waals surface area contributed by atoms with E-state index in [0.29, 0.717) is 11.3 Å². The zero-order chi connectivity index (χ0) is 17.5. The first-order valence-electron chi connectivity index (χ1n) is 7.35. The lowest BCUT2D eigenvalue weighted by Crippen LogP contribution is -2.54. The van der Waals surface area contributed by atoms with Gasteiger partial charge in [-0.2, -0.15) is 4.90 Å². The van der Waals surface area contributed by atoms with Crippen LogP contribution in [0.4, 0.5) is 10.5 Å². The number of piperidine rings is 1. The number of carboxylic acid groups (broad SMARTS) is 1. The second kappa shape index (κ2) is 5.49. The largest absolute Gasteiger partial charge is 0.464 e. The fourth-order valence-electron chi connectivity index (χ4n) is 3.22. The van der Waals surface area contributed by atoms with Crippen LogP contribution in [-0.2, 0) is 14.4 Å². The lowest BCUT2D eigenvalue weighted by molar-refractivity contribution is -0.154. The van der Waals surface area contributed by atoms with Crippen LogP contribution in [-0.4, -0.2) is 40.4 Å². The van der Waals surface area contributed by atoms with E-state index in [1.165, 1.54) is 4.90 Å². The molecule has 1 N–H and O–H groups in total. The van der Waals surface area contributed by atoms with Gasteiger partial charge in [0.05, 0.1) is 5.41 Å². The van der Waals surface area contributed by atoms with E-state index in [1.54, 1.807) is 24.3 Å². The average Bonchev–Trinajstić information content (AvgIpc) is 2.89. The van der Waals surface area contributed by atoms with Crippen molar-refractivity contribution in [2.75, 3.05) is 11.4 Å². The summed E-state index contributed by atoms with van der Waals surface area (Å²) >= 11 is 0. The molecule has 1 spiro atoms.